The highest BCUT2D eigenvalue weighted by atomic mass is 16.1. The Hall–Kier alpha value is -2.69. The molecule has 1 N–H and O–H groups in total. The molecule has 24 heavy (non-hydrogen) atoms. The summed E-state index contributed by atoms with van der Waals surface area (Å²) in [6.07, 6.45) is 8.79. The average molecular weight is 320 g/mol. The second kappa shape index (κ2) is 6.43. The Morgan fingerprint density at radius 1 is 1.12 bits per heavy atom. The van der Waals surface area contributed by atoms with Crippen LogP contribution in [0, 0.1) is 0 Å². The first-order valence-electron chi connectivity index (χ1n) is 8.49. The smallest absolute Gasteiger partial charge is 0.256 e. The van der Waals surface area contributed by atoms with E-state index in [9.17, 15) is 4.79 Å². The van der Waals surface area contributed by atoms with E-state index >= 15 is 0 Å². The van der Waals surface area contributed by atoms with Crippen LogP contribution in [-0.4, -0.2) is 27.0 Å². The van der Waals surface area contributed by atoms with Gasteiger partial charge in [-0.1, -0.05) is 30.3 Å². The van der Waals surface area contributed by atoms with Crippen LogP contribution < -0.4 is 5.32 Å². The Morgan fingerprint density at radius 2 is 1.96 bits per heavy atom. The third-order valence-electron chi connectivity index (χ3n) is 4.61. The molecule has 1 amide bonds. The van der Waals surface area contributed by atoms with Gasteiger partial charge in [0.15, 0.2) is 5.65 Å². The van der Waals surface area contributed by atoms with Crippen molar-refractivity contribution in [3.05, 3.63) is 65.1 Å². The fourth-order valence-corrected chi connectivity index (χ4v) is 3.32. The molecule has 1 aromatic carbocycles. The Morgan fingerprint density at radius 3 is 2.83 bits per heavy atom. The Balaban J connectivity index is 1.50. The van der Waals surface area contributed by atoms with Crippen molar-refractivity contribution in [3.63, 3.8) is 0 Å². The highest BCUT2D eigenvalue weighted by Gasteiger charge is 2.19. The van der Waals surface area contributed by atoms with E-state index in [1.54, 1.807) is 6.20 Å². The van der Waals surface area contributed by atoms with Crippen LogP contribution in [0.1, 0.15) is 40.0 Å². The van der Waals surface area contributed by atoms with E-state index < -0.39 is 0 Å². The summed E-state index contributed by atoms with van der Waals surface area (Å²) in [5.74, 6) is -0.107. The van der Waals surface area contributed by atoms with Gasteiger partial charge in [-0.05, 0) is 43.2 Å². The van der Waals surface area contributed by atoms with Crippen molar-refractivity contribution < 1.29 is 4.79 Å². The van der Waals surface area contributed by atoms with Crippen LogP contribution in [0.25, 0.3) is 5.65 Å². The standard InChI is InChI=1S/C19H20N4O/c24-19(20-11-10-14-6-2-1-3-7-14)16-13-22-23-17-9-5-4-8-15(17)12-21-18(16)23/h1-3,6-7,12-13H,4-5,8-11H2,(H,20,24). The molecule has 5 heteroatoms. The molecular formula is C19H20N4O. The lowest BCUT2D eigenvalue weighted by molar-refractivity contribution is 0.0955. The highest BCUT2D eigenvalue weighted by molar-refractivity contribution is 5.99. The van der Waals surface area contributed by atoms with Crippen molar-refractivity contribution in [2.45, 2.75) is 32.1 Å². The van der Waals surface area contributed by atoms with Gasteiger partial charge in [-0.25, -0.2) is 9.50 Å². The summed E-state index contributed by atoms with van der Waals surface area (Å²) in [6, 6.07) is 10.1. The van der Waals surface area contributed by atoms with Crippen molar-refractivity contribution in [2.24, 2.45) is 0 Å². The van der Waals surface area contributed by atoms with Crippen LogP contribution in [0.4, 0.5) is 0 Å². The van der Waals surface area contributed by atoms with Crippen LogP contribution in [0.3, 0.4) is 0 Å². The summed E-state index contributed by atoms with van der Waals surface area (Å²) < 4.78 is 1.85. The predicted octanol–water partition coefficient (Wildman–Crippen LogP) is 2.58. The maximum atomic E-state index is 12.5. The number of benzene rings is 1. The lowest BCUT2D eigenvalue weighted by atomic mass is 9.97. The highest BCUT2D eigenvalue weighted by Crippen LogP contribution is 2.22. The van der Waals surface area contributed by atoms with Gasteiger partial charge in [0, 0.05) is 18.4 Å². The van der Waals surface area contributed by atoms with E-state index in [0.29, 0.717) is 17.8 Å². The van der Waals surface area contributed by atoms with Crippen molar-refractivity contribution in [3.8, 4) is 0 Å². The Labute approximate surface area is 140 Å². The van der Waals surface area contributed by atoms with Crippen LogP contribution >= 0.6 is 0 Å². The molecule has 0 unspecified atom stereocenters. The molecule has 1 aliphatic carbocycles. The molecular weight excluding hydrogens is 300 g/mol. The van der Waals surface area contributed by atoms with Gasteiger partial charge in [0.2, 0.25) is 0 Å². The summed E-state index contributed by atoms with van der Waals surface area (Å²) in [7, 11) is 0. The molecule has 5 nitrogen and oxygen atoms in total. The topological polar surface area (TPSA) is 59.3 Å². The van der Waals surface area contributed by atoms with Gasteiger partial charge in [-0.2, -0.15) is 5.10 Å². The number of carbonyl (C=O) groups excluding carboxylic acids is 1. The van der Waals surface area contributed by atoms with Crippen LogP contribution in [-0.2, 0) is 19.3 Å². The number of hydrogen-bond donors (Lipinski definition) is 1. The first-order chi connectivity index (χ1) is 11.8. The molecule has 0 spiro atoms. The Kier molecular flexibility index (Phi) is 3.99. The van der Waals surface area contributed by atoms with E-state index in [2.05, 4.69) is 27.5 Å². The second-order valence-corrected chi connectivity index (χ2v) is 6.22. The number of fused-ring (bicyclic) bond motifs is 3. The quantitative estimate of drug-likeness (QED) is 0.804. The fraction of sp³-hybridized carbons (Fsp3) is 0.316. The zero-order chi connectivity index (χ0) is 16.4. The molecule has 2 aromatic heterocycles. The molecule has 3 aromatic rings. The van der Waals surface area contributed by atoms with Gasteiger partial charge in [-0.3, -0.25) is 4.79 Å². The van der Waals surface area contributed by atoms with E-state index in [4.69, 9.17) is 0 Å². The summed E-state index contributed by atoms with van der Waals surface area (Å²) in [5.41, 5.74) is 4.89. The summed E-state index contributed by atoms with van der Waals surface area (Å²) in [4.78, 5) is 17.0. The largest absolute Gasteiger partial charge is 0.352 e. The maximum absolute atomic E-state index is 12.5. The van der Waals surface area contributed by atoms with Crippen molar-refractivity contribution >= 4 is 11.6 Å². The minimum atomic E-state index is -0.107. The molecule has 4 rings (SSSR count). The molecule has 0 radical (unpaired) electrons. The third kappa shape index (κ3) is 2.77. The molecule has 0 aliphatic heterocycles. The predicted molar refractivity (Wildman–Crippen MR) is 92.1 cm³/mol. The zero-order valence-corrected chi connectivity index (χ0v) is 13.5. The number of carbonyl (C=O) groups is 1. The van der Waals surface area contributed by atoms with Gasteiger partial charge < -0.3 is 5.32 Å². The Bertz CT molecular complexity index is 870. The number of aromatic nitrogens is 3. The fourth-order valence-electron chi connectivity index (χ4n) is 3.32. The number of nitrogens with one attached hydrogen (secondary N) is 1. The SMILES string of the molecule is O=C(NCCc1ccccc1)c1cnn2c3c(cnc12)CCCC3. The zero-order valence-electron chi connectivity index (χ0n) is 13.5. The minimum absolute atomic E-state index is 0.107. The molecule has 1 aliphatic rings. The van der Waals surface area contributed by atoms with E-state index in [1.165, 1.54) is 29.7 Å². The van der Waals surface area contributed by atoms with Gasteiger partial charge in [0.25, 0.3) is 5.91 Å². The first-order valence-corrected chi connectivity index (χ1v) is 8.49. The van der Waals surface area contributed by atoms with Gasteiger partial charge in [-0.15, -0.1) is 0 Å². The van der Waals surface area contributed by atoms with E-state index in [-0.39, 0.29) is 5.91 Å². The third-order valence-corrected chi connectivity index (χ3v) is 4.61. The maximum Gasteiger partial charge on any atom is 0.256 e. The molecule has 0 saturated carbocycles. The molecule has 0 fully saturated rings. The van der Waals surface area contributed by atoms with Gasteiger partial charge in [0.1, 0.15) is 5.56 Å². The van der Waals surface area contributed by atoms with Crippen LogP contribution in [0.2, 0.25) is 0 Å². The van der Waals surface area contributed by atoms with Gasteiger partial charge >= 0.3 is 0 Å². The van der Waals surface area contributed by atoms with Crippen molar-refractivity contribution in [1.29, 1.82) is 0 Å². The van der Waals surface area contributed by atoms with E-state index in [0.717, 1.165) is 19.3 Å². The minimum Gasteiger partial charge on any atom is -0.352 e. The molecule has 2 heterocycles. The van der Waals surface area contributed by atoms with Crippen LogP contribution in [0.5, 0.6) is 0 Å². The number of amides is 1. The molecule has 0 saturated heterocycles. The number of rotatable bonds is 4. The summed E-state index contributed by atoms with van der Waals surface area (Å²) >= 11 is 0. The summed E-state index contributed by atoms with van der Waals surface area (Å²) in [5, 5.41) is 7.39. The van der Waals surface area contributed by atoms with Crippen LogP contribution in [0.15, 0.2) is 42.7 Å². The molecule has 0 bridgehead atoms. The number of aryl methyl sites for hydroxylation is 2. The van der Waals surface area contributed by atoms with Crippen molar-refractivity contribution in [1.82, 2.24) is 19.9 Å². The lowest BCUT2D eigenvalue weighted by Crippen LogP contribution is -2.25. The molecule has 0 atom stereocenters. The lowest BCUT2D eigenvalue weighted by Gasteiger charge is -2.15. The number of hydrogen-bond acceptors (Lipinski definition) is 3. The normalized spacial score (nSPS) is 13.7. The van der Waals surface area contributed by atoms with E-state index in [1.807, 2.05) is 28.9 Å². The summed E-state index contributed by atoms with van der Waals surface area (Å²) in [6.45, 7) is 0.602. The van der Waals surface area contributed by atoms with Crippen molar-refractivity contribution in [2.75, 3.05) is 6.54 Å². The average Bonchev–Trinajstić information content (AvgIpc) is 3.07. The van der Waals surface area contributed by atoms with Gasteiger partial charge in [0.05, 0.1) is 6.20 Å². The molecule has 122 valence electrons. The monoisotopic (exact) mass is 320 g/mol. The second-order valence-electron chi connectivity index (χ2n) is 6.22. The number of nitrogens with zero attached hydrogens (tertiary/aromatic N) is 3. The first kappa shape index (κ1) is 14.9.